The average molecular weight is 202 g/mol. The van der Waals surface area contributed by atoms with E-state index in [2.05, 4.69) is 0 Å². The van der Waals surface area contributed by atoms with Gasteiger partial charge in [0.1, 0.15) is 0 Å². The van der Waals surface area contributed by atoms with Crippen LogP contribution in [0.5, 0.6) is 0 Å². The molecule has 72 valence electrons. The summed E-state index contributed by atoms with van der Waals surface area (Å²) in [7, 11) is -4.88. The van der Waals surface area contributed by atoms with Crippen molar-refractivity contribution in [3.63, 3.8) is 0 Å². The summed E-state index contributed by atoms with van der Waals surface area (Å²) in [4.78, 5) is 0. The van der Waals surface area contributed by atoms with Crippen molar-refractivity contribution in [3.8, 4) is 0 Å². The van der Waals surface area contributed by atoms with Gasteiger partial charge in [-0.25, -0.2) is 8.42 Å². The van der Waals surface area contributed by atoms with Crippen LogP contribution in [0.1, 0.15) is 25.7 Å². The van der Waals surface area contributed by atoms with E-state index in [1.54, 1.807) is 0 Å². The lowest BCUT2D eigenvalue weighted by Crippen LogP contribution is -2.32. The normalized spacial score (nSPS) is 21.6. The van der Waals surface area contributed by atoms with E-state index in [0.29, 0.717) is 12.8 Å². The zero-order chi connectivity index (χ0) is 9.41. The third-order valence-corrected chi connectivity index (χ3v) is 4.06. The van der Waals surface area contributed by atoms with Crippen LogP contribution in [0, 0.1) is 0 Å². The van der Waals surface area contributed by atoms with Crippen LogP contribution in [0.2, 0.25) is 0 Å². The van der Waals surface area contributed by atoms with Gasteiger partial charge in [0, 0.05) is 0 Å². The third-order valence-electron chi connectivity index (χ3n) is 2.06. The van der Waals surface area contributed by atoms with Gasteiger partial charge in [0.25, 0.3) is 9.84 Å². The number of alkyl halides is 3. The van der Waals surface area contributed by atoms with E-state index in [1.807, 2.05) is 0 Å². The molecule has 0 bridgehead atoms. The number of sulfone groups is 1. The molecule has 12 heavy (non-hydrogen) atoms. The Kier molecular flexibility index (Phi) is 2.38. The molecule has 0 heterocycles. The molecule has 0 aromatic carbocycles. The largest absolute Gasteiger partial charge is 0.497 e. The maximum absolute atomic E-state index is 11.9. The Balaban J connectivity index is 2.85. The zero-order valence-electron chi connectivity index (χ0n) is 6.26. The molecule has 0 unspecified atom stereocenters. The lowest BCUT2D eigenvalue weighted by atomic mass is 10.4. The van der Waals surface area contributed by atoms with Crippen LogP contribution in [-0.4, -0.2) is 19.2 Å². The third kappa shape index (κ3) is 1.57. The summed E-state index contributed by atoms with van der Waals surface area (Å²) < 4.78 is 57.2. The van der Waals surface area contributed by atoms with E-state index >= 15 is 0 Å². The molecule has 1 aliphatic rings. The predicted molar refractivity (Wildman–Crippen MR) is 37.2 cm³/mol. The Morgan fingerprint density at radius 3 is 1.83 bits per heavy atom. The molecule has 1 rings (SSSR count). The van der Waals surface area contributed by atoms with Crippen LogP contribution in [0.3, 0.4) is 0 Å². The second-order valence-electron chi connectivity index (χ2n) is 2.90. The highest BCUT2D eigenvalue weighted by Crippen LogP contribution is 2.34. The van der Waals surface area contributed by atoms with Gasteiger partial charge in [0.05, 0.1) is 5.25 Å². The number of hydrogen-bond donors (Lipinski definition) is 0. The summed E-state index contributed by atoms with van der Waals surface area (Å²) in [5.41, 5.74) is -5.07. The minimum atomic E-state index is -5.07. The van der Waals surface area contributed by atoms with Crippen LogP contribution in [0.4, 0.5) is 13.2 Å². The van der Waals surface area contributed by atoms with Gasteiger partial charge in [-0.3, -0.25) is 0 Å². The quantitative estimate of drug-likeness (QED) is 0.650. The van der Waals surface area contributed by atoms with Gasteiger partial charge in [-0.15, -0.1) is 0 Å². The van der Waals surface area contributed by atoms with Crippen LogP contribution in [-0.2, 0) is 9.84 Å². The average Bonchev–Trinajstić information content (AvgIpc) is 2.34. The van der Waals surface area contributed by atoms with Crippen molar-refractivity contribution in [3.05, 3.63) is 0 Å². The molecule has 0 spiro atoms. The maximum atomic E-state index is 11.9. The first-order chi connectivity index (χ1) is 5.36. The van der Waals surface area contributed by atoms with Crippen molar-refractivity contribution in [1.82, 2.24) is 0 Å². The smallest absolute Gasteiger partial charge is 0.219 e. The molecule has 1 saturated carbocycles. The Bertz CT molecular complexity index is 248. The summed E-state index contributed by atoms with van der Waals surface area (Å²) >= 11 is 0. The van der Waals surface area contributed by atoms with Crippen molar-refractivity contribution in [2.45, 2.75) is 36.4 Å². The molecule has 2 nitrogen and oxygen atoms in total. The van der Waals surface area contributed by atoms with Crippen molar-refractivity contribution < 1.29 is 21.6 Å². The molecule has 1 fully saturated rings. The molecule has 0 amide bonds. The van der Waals surface area contributed by atoms with Crippen LogP contribution >= 0.6 is 0 Å². The van der Waals surface area contributed by atoms with Crippen molar-refractivity contribution >= 4 is 9.84 Å². The standard InChI is InChI=1S/C6H9F3O2S/c7-6(8,9)12(10,11)5-3-1-2-4-5/h5H,1-4H2. The van der Waals surface area contributed by atoms with Crippen molar-refractivity contribution in [1.29, 1.82) is 0 Å². The van der Waals surface area contributed by atoms with Crippen molar-refractivity contribution in [2.75, 3.05) is 0 Å². The van der Waals surface area contributed by atoms with E-state index in [0.717, 1.165) is 0 Å². The minimum Gasteiger partial charge on any atom is -0.219 e. The molecule has 0 aromatic rings. The van der Waals surface area contributed by atoms with E-state index in [4.69, 9.17) is 0 Å². The fraction of sp³-hybridized carbons (Fsp3) is 1.00. The highest BCUT2D eigenvalue weighted by molar-refractivity contribution is 7.92. The molecule has 0 N–H and O–H groups in total. The molecule has 0 aromatic heterocycles. The van der Waals surface area contributed by atoms with Gasteiger partial charge in [-0.2, -0.15) is 13.2 Å². The predicted octanol–water partition coefficient (Wildman–Crippen LogP) is 1.86. The van der Waals surface area contributed by atoms with Gasteiger partial charge < -0.3 is 0 Å². The molecule has 0 saturated heterocycles. The highest BCUT2D eigenvalue weighted by Gasteiger charge is 2.50. The summed E-state index contributed by atoms with van der Waals surface area (Å²) in [6.07, 6.45) is 1.48. The van der Waals surface area contributed by atoms with Gasteiger partial charge in [0.2, 0.25) is 0 Å². The molecule has 0 atom stereocenters. The fourth-order valence-corrected chi connectivity index (χ4v) is 2.72. The van der Waals surface area contributed by atoms with E-state index < -0.39 is 20.6 Å². The van der Waals surface area contributed by atoms with Gasteiger partial charge in [-0.1, -0.05) is 12.8 Å². The fourth-order valence-electron chi connectivity index (χ4n) is 1.39. The van der Waals surface area contributed by atoms with E-state index in [-0.39, 0.29) is 12.8 Å². The monoisotopic (exact) mass is 202 g/mol. The summed E-state index contributed by atoms with van der Waals surface area (Å²) in [5.74, 6) is 0. The lowest BCUT2D eigenvalue weighted by Gasteiger charge is -2.12. The Hall–Kier alpha value is -0.260. The maximum Gasteiger partial charge on any atom is 0.497 e. The second-order valence-corrected chi connectivity index (χ2v) is 5.12. The minimum absolute atomic E-state index is 0.155. The number of rotatable bonds is 1. The van der Waals surface area contributed by atoms with Gasteiger partial charge >= 0.3 is 5.51 Å². The van der Waals surface area contributed by atoms with Gasteiger partial charge in [-0.05, 0) is 12.8 Å². The number of hydrogen-bond acceptors (Lipinski definition) is 2. The Labute approximate surface area is 68.7 Å². The van der Waals surface area contributed by atoms with E-state index in [1.165, 1.54) is 0 Å². The SMILES string of the molecule is O=S(=O)(C1CCCC1)C(F)(F)F. The van der Waals surface area contributed by atoms with E-state index in [9.17, 15) is 21.6 Å². The topological polar surface area (TPSA) is 34.1 Å². The summed E-state index contributed by atoms with van der Waals surface area (Å²) in [6, 6.07) is 0. The molecular weight excluding hydrogens is 193 g/mol. The summed E-state index contributed by atoms with van der Waals surface area (Å²) in [6.45, 7) is 0. The van der Waals surface area contributed by atoms with Crippen LogP contribution < -0.4 is 0 Å². The molecule has 0 radical (unpaired) electrons. The van der Waals surface area contributed by atoms with Crippen LogP contribution in [0.15, 0.2) is 0 Å². The molecule has 1 aliphatic carbocycles. The molecule has 0 aliphatic heterocycles. The van der Waals surface area contributed by atoms with Crippen molar-refractivity contribution in [2.24, 2.45) is 0 Å². The highest BCUT2D eigenvalue weighted by atomic mass is 32.2. The zero-order valence-corrected chi connectivity index (χ0v) is 7.08. The lowest BCUT2D eigenvalue weighted by molar-refractivity contribution is -0.0444. The first-order valence-electron chi connectivity index (χ1n) is 3.66. The molecule has 6 heteroatoms. The Morgan fingerprint density at radius 1 is 1.08 bits per heavy atom. The van der Waals surface area contributed by atoms with Crippen LogP contribution in [0.25, 0.3) is 0 Å². The number of halogens is 3. The van der Waals surface area contributed by atoms with Gasteiger partial charge in [0.15, 0.2) is 0 Å². The first-order valence-corrected chi connectivity index (χ1v) is 5.20. The Morgan fingerprint density at radius 2 is 1.50 bits per heavy atom. The molecular formula is C6H9F3O2S. The first kappa shape index (κ1) is 9.83. The summed E-state index contributed by atoms with van der Waals surface area (Å²) in [5, 5.41) is -1.18. The second kappa shape index (κ2) is 2.90.